The summed E-state index contributed by atoms with van der Waals surface area (Å²) < 4.78 is 111. The van der Waals surface area contributed by atoms with Crippen LogP contribution in [0.25, 0.3) is 0 Å². The Morgan fingerprint density at radius 3 is 0.962 bits per heavy atom. The van der Waals surface area contributed by atoms with Crippen molar-refractivity contribution in [3.63, 3.8) is 0 Å². The molecule has 0 aromatic heterocycles. The molecule has 0 unspecified atom stereocenters. The fraction of sp³-hybridized carbons (Fsp3) is 0.108. The van der Waals surface area contributed by atoms with Crippen molar-refractivity contribution in [2.75, 3.05) is 95.9 Å². The molecule has 0 aliphatic carbocycles. The van der Waals surface area contributed by atoms with Crippen LogP contribution in [0.2, 0.25) is 0 Å². The van der Waals surface area contributed by atoms with Gasteiger partial charge in [0.15, 0.2) is 0 Å². The summed E-state index contributed by atoms with van der Waals surface area (Å²) >= 11 is -3.43. The summed E-state index contributed by atoms with van der Waals surface area (Å²) in [5, 5.41) is 0. The van der Waals surface area contributed by atoms with Gasteiger partial charge in [-0.15, -0.1) is 0 Å². The first-order valence-electron chi connectivity index (χ1n) is 30.9. The number of benzene rings is 9. The molecule has 78 heavy (non-hydrogen) atoms. The predicted molar refractivity (Wildman–Crippen MR) is 318 cm³/mol. The van der Waals surface area contributed by atoms with Crippen molar-refractivity contribution in [2.24, 2.45) is 0 Å². The summed E-state index contributed by atoms with van der Waals surface area (Å²) in [6.45, 7) is -8.74. The Bertz CT molecular complexity index is 4630. The summed E-state index contributed by atoms with van der Waals surface area (Å²) in [7, 11) is 3.88. The van der Waals surface area contributed by atoms with Crippen molar-refractivity contribution in [1.82, 2.24) is 0 Å². The van der Waals surface area contributed by atoms with Gasteiger partial charge in [0.25, 0.3) is 0 Å². The van der Waals surface area contributed by atoms with Gasteiger partial charge in [-0.1, -0.05) is 0 Å². The monoisotopic (exact) mass is 1390 g/mol. The van der Waals surface area contributed by atoms with E-state index in [-0.39, 0.29) is 0 Å². The first-order valence-corrected chi connectivity index (χ1v) is 29.4. The van der Waals surface area contributed by atoms with Crippen molar-refractivity contribution < 1.29 is 51.7 Å². The van der Waals surface area contributed by atoms with E-state index in [0.29, 0.717) is 119 Å². The minimum atomic E-state index is -2.69. The van der Waals surface area contributed by atoms with Gasteiger partial charge in [-0.2, -0.15) is 0 Å². The molecule has 15 rings (SSSR count). The van der Waals surface area contributed by atoms with Gasteiger partial charge >= 0.3 is 491 Å². The molecule has 13 heteroatoms. The zero-order valence-electron chi connectivity index (χ0n) is 53.9. The normalized spacial score (nSPS) is 18.8. The summed E-state index contributed by atoms with van der Waals surface area (Å²) in [6, 6.07) is 71.7. The van der Waals surface area contributed by atoms with Gasteiger partial charge in [0.1, 0.15) is 0 Å². The molecule has 6 heterocycles. The van der Waals surface area contributed by atoms with E-state index in [1.165, 1.54) is 19.6 Å². The molecule has 0 saturated carbocycles. The molecule has 0 amide bonds. The molecule has 11 nitrogen and oxygen atoms in total. The summed E-state index contributed by atoms with van der Waals surface area (Å²) in [4.78, 5) is 19.2. The number of nitrogens with zero attached hydrogens (tertiary/aromatic N) is 11. The van der Waals surface area contributed by atoms with Crippen molar-refractivity contribution in [3.05, 3.63) is 212 Å². The Hall–Kier alpha value is -8.36. The average Bonchev–Trinajstić information content (AvgIpc) is 1.56. The third-order valence-corrected chi connectivity index (χ3v) is 20.3. The molecule has 8 bridgehead atoms. The number of para-hydroxylation sites is 8. The van der Waals surface area contributed by atoms with E-state index in [4.69, 9.17) is 16.4 Å². The van der Waals surface area contributed by atoms with Crippen LogP contribution in [0.4, 0.5) is 108 Å². The summed E-state index contributed by atoms with van der Waals surface area (Å²) in [6.07, 6.45) is 0. The zero-order chi connectivity index (χ0) is 62.7. The average molecular weight is 1390 g/mol. The van der Waals surface area contributed by atoms with Gasteiger partial charge in [-0.3, -0.25) is 0 Å². The van der Waals surface area contributed by atoms with Crippen LogP contribution in [0.15, 0.2) is 182 Å². The quantitative estimate of drug-likeness (QED) is 0.159. The van der Waals surface area contributed by atoms with E-state index in [0.717, 1.165) is 11.3 Å². The topological polar surface area (TPSA) is 35.6 Å². The van der Waals surface area contributed by atoms with Crippen molar-refractivity contribution in [1.29, 1.82) is 0 Å². The number of hydrogen-bond acceptors (Lipinski definition) is 11. The molecule has 0 fully saturated rings. The second-order valence-corrected chi connectivity index (χ2v) is 24.4. The van der Waals surface area contributed by atoms with E-state index in [1.54, 1.807) is 48.5 Å². The van der Waals surface area contributed by atoms with Gasteiger partial charge in [0.2, 0.25) is 0 Å². The number of hydrogen-bond donors (Lipinski definition) is 0. The molecule has 9 aromatic carbocycles. The summed E-state index contributed by atoms with van der Waals surface area (Å²) in [5.74, 6) is 0. The SMILES string of the molecule is [2H]C([2H])([2H])N1[C]2=[Pt]=[C]3N(c4[c-]c(cc(C)c4)N(c4ccc(N5c6[c-]c(ccc6)N6[C](=[Pt]=[C]7N(c8[c-]c5cc(N(C)C)c8)c5ccccc5N7C([2H])([2H])[2H])N(C([2H])([2H])[2H])c5ccccc56)cc4)c4[c-]c(ccc4)N2c2ccccc21)c1ccccc1N3C([2H])([2H])[2H]. The maximum absolute atomic E-state index is 9.12. The molecular formula is C65H51N11Pt2-4. The standard InChI is InChI=1S/C65H51N11.2Pt/c1-46-34-54(73-44-69(6)60-24-10-14-28-64(60)73)40-56(35-46)75(51-20-16-18-49(36-51)71-42-67(4)58-22-8-12-26-62(58)71)47-30-32-48(33-31-47)76(52-21-17-19-50(37-52)72-43-68(5)59-23-9-13-27-63(59)72)57-39-53(66(2)3)38-55(41-57)74-45-70(7)61-25-11-15-29-65(61)74;;/h8-35,38-39H,1-7H3;;/q-4;;/i4D3,5D3,6D3,7D3;;. The van der Waals surface area contributed by atoms with Crippen molar-refractivity contribution in [3.8, 4) is 0 Å². The van der Waals surface area contributed by atoms with Crippen LogP contribution >= 0.6 is 0 Å². The second kappa shape index (κ2) is 17.8. The first-order chi connectivity index (χ1) is 42.9. The molecule has 0 radical (unpaired) electrons. The minimum absolute atomic E-state index is 0.407. The number of fused-ring (bicyclic) bond motifs is 24. The first kappa shape index (κ1) is 35.9. The Kier molecular flexibility index (Phi) is 8.21. The molecule has 6 aliphatic rings. The molecule has 0 atom stereocenters. The van der Waals surface area contributed by atoms with Crippen LogP contribution in [0.1, 0.15) is 22.0 Å². The molecule has 9 aromatic rings. The molecule has 390 valence electrons. The van der Waals surface area contributed by atoms with E-state index < -0.39 is 63.2 Å². The second-order valence-electron chi connectivity index (χ2n) is 19.2. The van der Waals surface area contributed by atoms with Gasteiger partial charge in [0.05, 0.1) is 0 Å². The van der Waals surface area contributed by atoms with Gasteiger partial charge in [-0.05, 0) is 0 Å². The number of anilines is 19. The molecule has 0 saturated heterocycles. The van der Waals surface area contributed by atoms with Crippen LogP contribution in [-0.2, 0) is 35.3 Å². The zero-order valence-corrected chi connectivity index (χ0v) is 46.4. The van der Waals surface area contributed by atoms with Crippen LogP contribution in [0.5, 0.6) is 0 Å². The van der Waals surface area contributed by atoms with Crippen molar-refractivity contribution in [2.45, 2.75) is 6.92 Å². The van der Waals surface area contributed by atoms with E-state index >= 15 is 0 Å². The van der Waals surface area contributed by atoms with Crippen LogP contribution < -0.4 is 53.9 Å². The third kappa shape index (κ3) is 7.10. The molecule has 0 spiro atoms. The predicted octanol–water partition coefficient (Wildman–Crippen LogP) is 13.1. The van der Waals surface area contributed by atoms with Crippen molar-refractivity contribution >= 4 is 125 Å². The third-order valence-electron chi connectivity index (χ3n) is 14.3. The molecular weight excluding hydrogens is 1320 g/mol. The molecule has 0 N–H and O–H groups in total. The van der Waals surface area contributed by atoms with Gasteiger partial charge in [0, 0.05) is 0 Å². The van der Waals surface area contributed by atoms with E-state index in [9.17, 15) is 0 Å². The summed E-state index contributed by atoms with van der Waals surface area (Å²) in [5.41, 5.74) is 11.8. The maximum atomic E-state index is 9.12. The fourth-order valence-corrected chi connectivity index (χ4v) is 16.9. The van der Waals surface area contributed by atoms with Gasteiger partial charge < -0.3 is 0 Å². The number of aryl methyl sites for hydroxylation is 1. The van der Waals surface area contributed by atoms with Crippen LogP contribution in [0, 0.1) is 31.2 Å². The molecule has 6 aliphatic heterocycles. The van der Waals surface area contributed by atoms with E-state index in [1.807, 2.05) is 189 Å². The number of rotatable bonds is 3. The Morgan fingerprint density at radius 1 is 0.333 bits per heavy atom. The van der Waals surface area contributed by atoms with Gasteiger partial charge in [-0.25, -0.2) is 0 Å². The van der Waals surface area contributed by atoms with Crippen LogP contribution in [0.3, 0.4) is 0 Å². The fourth-order valence-electron chi connectivity index (χ4n) is 10.7. The Labute approximate surface area is 488 Å². The Morgan fingerprint density at radius 2 is 0.615 bits per heavy atom. The Balaban J connectivity index is 0.956. The van der Waals surface area contributed by atoms with E-state index in [2.05, 4.69) is 24.3 Å². The van der Waals surface area contributed by atoms with Crippen LogP contribution in [-0.4, -0.2) is 58.6 Å².